The van der Waals surface area contributed by atoms with E-state index in [1.165, 1.54) is 0 Å². The lowest BCUT2D eigenvalue weighted by molar-refractivity contribution is 0.0410. The molecular formula is C20H40N4O3SSi. The largest absolute Gasteiger partial charge is 0.405 e. The molecule has 2 atom stereocenters. The molecule has 1 aromatic rings. The molecule has 0 bridgehead atoms. The van der Waals surface area contributed by atoms with Crippen LogP contribution in [0.4, 0.5) is 0 Å². The lowest BCUT2D eigenvalue weighted by Crippen LogP contribution is -2.46. The molecule has 0 spiro atoms. The molecule has 9 heteroatoms. The molecule has 2 heterocycles. The Morgan fingerprint density at radius 1 is 1.24 bits per heavy atom. The number of ether oxygens (including phenoxy) is 1. The maximum atomic E-state index is 6.66. The van der Waals surface area contributed by atoms with E-state index in [0.29, 0.717) is 17.0 Å². The molecule has 29 heavy (non-hydrogen) atoms. The summed E-state index contributed by atoms with van der Waals surface area (Å²) < 4.78 is 17.6. The highest BCUT2D eigenvalue weighted by Crippen LogP contribution is 2.40. The summed E-state index contributed by atoms with van der Waals surface area (Å²) in [4.78, 5) is 7.05. The molecule has 1 aromatic heterocycles. The number of hydrogen-bond acceptors (Lipinski definition) is 8. The normalized spacial score (nSPS) is 18.9. The second-order valence-electron chi connectivity index (χ2n) is 9.81. The Bertz CT molecular complexity index is 615. The average Bonchev–Trinajstić information content (AvgIpc) is 3.07. The predicted molar refractivity (Wildman–Crippen MR) is 121 cm³/mol. The number of nitrogens with two attached hydrogens (primary N) is 1. The first-order chi connectivity index (χ1) is 13.5. The van der Waals surface area contributed by atoms with E-state index >= 15 is 0 Å². The van der Waals surface area contributed by atoms with Gasteiger partial charge in [0.2, 0.25) is 5.82 Å². The Hall–Kier alpha value is -0.453. The van der Waals surface area contributed by atoms with Crippen molar-refractivity contribution in [2.24, 2.45) is 11.7 Å². The molecule has 168 valence electrons. The minimum Gasteiger partial charge on any atom is -0.405 e. The Morgan fingerprint density at radius 3 is 2.48 bits per heavy atom. The first kappa shape index (κ1) is 24.8. The van der Waals surface area contributed by atoms with Crippen molar-refractivity contribution in [3.63, 3.8) is 0 Å². The van der Waals surface area contributed by atoms with Crippen LogP contribution in [0.25, 0.3) is 0 Å². The van der Waals surface area contributed by atoms with Crippen molar-refractivity contribution < 1.29 is 13.7 Å². The third-order valence-electron chi connectivity index (χ3n) is 5.77. The lowest BCUT2D eigenvalue weighted by atomic mass is 10.00. The Kier molecular flexibility index (Phi) is 9.18. The van der Waals surface area contributed by atoms with Gasteiger partial charge >= 0.3 is 0 Å². The minimum atomic E-state index is -2.03. The molecule has 2 unspecified atom stereocenters. The number of rotatable bonds is 10. The third-order valence-corrected chi connectivity index (χ3v) is 11.0. The molecule has 1 fully saturated rings. The Balaban J connectivity index is 2.04. The highest BCUT2D eigenvalue weighted by atomic mass is 32.2. The summed E-state index contributed by atoms with van der Waals surface area (Å²) in [6.45, 7) is 20.1. The van der Waals surface area contributed by atoms with E-state index in [-0.39, 0.29) is 17.2 Å². The van der Waals surface area contributed by atoms with Crippen LogP contribution in [0.5, 0.6) is 0 Å². The summed E-state index contributed by atoms with van der Waals surface area (Å²) in [6, 6.07) is -0.159. The summed E-state index contributed by atoms with van der Waals surface area (Å²) >= 11 is 1.59. The molecule has 1 saturated heterocycles. The van der Waals surface area contributed by atoms with Gasteiger partial charge in [0.15, 0.2) is 8.32 Å². The number of morpholine rings is 1. The quantitative estimate of drug-likeness (QED) is 0.429. The molecule has 7 nitrogen and oxygen atoms in total. The maximum absolute atomic E-state index is 6.66. The van der Waals surface area contributed by atoms with Crippen LogP contribution >= 0.6 is 11.8 Å². The molecule has 1 aliphatic rings. The van der Waals surface area contributed by atoms with Crippen molar-refractivity contribution in [2.45, 2.75) is 76.5 Å². The Morgan fingerprint density at radius 2 is 1.90 bits per heavy atom. The highest BCUT2D eigenvalue weighted by Gasteiger charge is 2.42. The standard InChI is InChI=1S/C20H40N4O3SSi/c1-15(2)14-16(21)17(27-29(6,7)20(3,4)5)18-22-19(26-23-18)28-13-10-24-8-11-25-12-9-24/h15-17H,8-14,21H2,1-7H3. The number of nitrogens with zero attached hydrogens (tertiary/aromatic N) is 3. The fraction of sp³-hybridized carbons (Fsp3) is 0.900. The number of aromatic nitrogens is 2. The van der Waals surface area contributed by atoms with Gasteiger partial charge in [0, 0.05) is 31.4 Å². The van der Waals surface area contributed by atoms with Crippen LogP contribution in [0.15, 0.2) is 9.75 Å². The molecule has 1 aliphatic heterocycles. The van der Waals surface area contributed by atoms with Crippen LogP contribution in [-0.2, 0) is 9.16 Å². The van der Waals surface area contributed by atoms with Gasteiger partial charge < -0.3 is 19.4 Å². The molecule has 2 rings (SSSR count). The second-order valence-corrected chi connectivity index (χ2v) is 15.6. The van der Waals surface area contributed by atoms with Crippen LogP contribution < -0.4 is 5.73 Å². The summed E-state index contributed by atoms with van der Waals surface area (Å²) in [5, 5.41) is 4.93. The van der Waals surface area contributed by atoms with E-state index in [1.54, 1.807) is 11.8 Å². The van der Waals surface area contributed by atoms with E-state index < -0.39 is 8.32 Å². The SMILES string of the molecule is CC(C)CC(N)C(O[Si](C)(C)C(C)(C)C)c1noc(SCCN2CCOCC2)n1. The summed E-state index contributed by atoms with van der Waals surface area (Å²) in [5.41, 5.74) is 6.56. The molecule has 0 amide bonds. The fourth-order valence-electron chi connectivity index (χ4n) is 2.97. The van der Waals surface area contributed by atoms with Crippen molar-refractivity contribution in [1.29, 1.82) is 0 Å². The summed E-state index contributed by atoms with van der Waals surface area (Å²) in [5.74, 6) is 1.97. The number of hydrogen-bond donors (Lipinski definition) is 1. The van der Waals surface area contributed by atoms with Gasteiger partial charge in [-0.2, -0.15) is 4.98 Å². The van der Waals surface area contributed by atoms with Crippen LogP contribution in [0, 0.1) is 5.92 Å². The maximum Gasteiger partial charge on any atom is 0.285 e. The van der Waals surface area contributed by atoms with Gasteiger partial charge in [-0.25, -0.2) is 0 Å². The number of thioether (sulfide) groups is 1. The van der Waals surface area contributed by atoms with Crippen LogP contribution in [-0.4, -0.2) is 68.0 Å². The molecular weight excluding hydrogens is 404 g/mol. The predicted octanol–water partition coefficient (Wildman–Crippen LogP) is 3.93. The van der Waals surface area contributed by atoms with Crippen LogP contribution in [0.2, 0.25) is 18.1 Å². The van der Waals surface area contributed by atoms with Crippen molar-refractivity contribution in [3.8, 4) is 0 Å². The van der Waals surface area contributed by atoms with Gasteiger partial charge in [0.05, 0.1) is 13.2 Å². The van der Waals surface area contributed by atoms with E-state index in [0.717, 1.165) is 45.0 Å². The van der Waals surface area contributed by atoms with Crippen LogP contribution in [0.1, 0.15) is 53.0 Å². The van der Waals surface area contributed by atoms with Crippen molar-refractivity contribution in [1.82, 2.24) is 15.0 Å². The minimum absolute atomic E-state index is 0.0856. The summed E-state index contributed by atoms with van der Waals surface area (Å²) in [7, 11) is -2.03. The summed E-state index contributed by atoms with van der Waals surface area (Å²) in [6.07, 6.45) is 0.517. The van der Waals surface area contributed by atoms with Gasteiger partial charge in [-0.05, 0) is 30.5 Å². The first-order valence-corrected chi connectivity index (χ1v) is 14.6. The Labute approximate surface area is 181 Å². The van der Waals surface area contributed by atoms with Crippen LogP contribution in [0.3, 0.4) is 0 Å². The molecule has 0 saturated carbocycles. The van der Waals surface area contributed by atoms with Crippen molar-refractivity contribution >= 4 is 20.1 Å². The molecule has 0 aliphatic carbocycles. The van der Waals surface area contributed by atoms with Gasteiger partial charge in [-0.3, -0.25) is 4.90 Å². The molecule has 0 aromatic carbocycles. The zero-order valence-electron chi connectivity index (χ0n) is 19.2. The molecule has 2 N–H and O–H groups in total. The zero-order valence-corrected chi connectivity index (χ0v) is 21.1. The van der Waals surface area contributed by atoms with Gasteiger partial charge in [0.1, 0.15) is 6.10 Å². The first-order valence-electron chi connectivity index (χ1n) is 10.7. The average molecular weight is 445 g/mol. The zero-order chi connectivity index (χ0) is 21.7. The van der Waals surface area contributed by atoms with Crippen molar-refractivity contribution in [3.05, 3.63) is 5.82 Å². The lowest BCUT2D eigenvalue weighted by Gasteiger charge is -2.40. The van der Waals surface area contributed by atoms with E-state index in [4.69, 9.17) is 19.4 Å². The van der Waals surface area contributed by atoms with E-state index in [9.17, 15) is 0 Å². The highest BCUT2D eigenvalue weighted by molar-refractivity contribution is 7.99. The monoisotopic (exact) mass is 444 g/mol. The van der Waals surface area contributed by atoms with E-state index in [1.807, 2.05) is 0 Å². The smallest absolute Gasteiger partial charge is 0.285 e. The third kappa shape index (κ3) is 7.63. The molecule has 0 radical (unpaired) electrons. The fourth-order valence-corrected chi connectivity index (χ4v) is 5.02. The van der Waals surface area contributed by atoms with Gasteiger partial charge in [-0.1, -0.05) is 51.5 Å². The van der Waals surface area contributed by atoms with Gasteiger partial charge in [0.25, 0.3) is 5.22 Å². The second kappa shape index (κ2) is 10.7. The van der Waals surface area contributed by atoms with Crippen molar-refractivity contribution in [2.75, 3.05) is 38.6 Å². The van der Waals surface area contributed by atoms with Gasteiger partial charge in [-0.15, -0.1) is 0 Å². The topological polar surface area (TPSA) is 86.6 Å². The van der Waals surface area contributed by atoms with E-state index in [2.05, 4.69) is 62.8 Å².